The maximum absolute atomic E-state index is 13.4. The van der Waals surface area contributed by atoms with E-state index in [9.17, 15) is 9.59 Å². The van der Waals surface area contributed by atoms with Crippen molar-refractivity contribution in [2.75, 3.05) is 32.1 Å². The smallest absolute Gasteiger partial charge is 0.339 e. The molecule has 4 aliphatic rings. The van der Waals surface area contributed by atoms with Crippen molar-refractivity contribution in [3.8, 4) is 0 Å². The maximum Gasteiger partial charge on any atom is 0.339 e. The normalized spacial score (nSPS) is 30.6. The van der Waals surface area contributed by atoms with E-state index >= 15 is 0 Å². The molecule has 30 heavy (non-hydrogen) atoms. The molecule has 1 N–H and O–H groups in total. The van der Waals surface area contributed by atoms with Crippen LogP contribution in [-0.4, -0.2) is 60.6 Å². The summed E-state index contributed by atoms with van der Waals surface area (Å²) >= 11 is 0. The Morgan fingerprint density at radius 1 is 1.13 bits per heavy atom. The van der Waals surface area contributed by atoms with Gasteiger partial charge in [0.2, 0.25) is 0 Å². The molecule has 4 atom stereocenters. The van der Waals surface area contributed by atoms with Crippen LogP contribution in [0.2, 0.25) is 0 Å². The van der Waals surface area contributed by atoms with Crippen LogP contribution in [0.15, 0.2) is 35.9 Å². The number of urea groups is 1. The number of piperidine rings is 3. The van der Waals surface area contributed by atoms with E-state index in [2.05, 4.69) is 16.3 Å². The largest absolute Gasteiger partial charge is 0.465 e. The minimum atomic E-state index is -0.436. The first kappa shape index (κ1) is 19.6. The zero-order chi connectivity index (χ0) is 20.7. The number of nitrogens with zero attached hydrogens (tertiary/aromatic N) is 2. The first-order valence-corrected chi connectivity index (χ1v) is 11.4. The quantitative estimate of drug-likeness (QED) is 0.594. The summed E-state index contributed by atoms with van der Waals surface area (Å²) in [5.41, 5.74) is 2.36. The van der Waals surface area contributed by atoms with Crippen LogP contribution in [0.1, 0.15) is 48.9 Å². The van der Waals surface area contributed by atoms with Crippen LogP contribution in [0.5, 0.6) is 0 Å². The lowest BCUT2D eigenvalue weighted by Crippen LogP contribution is -2.60. The van der Waals surface area contributed by atoms with Gasteiger partial charge in [0.1, 0.15) is 0 Å². The number of hydrogen-bond acceptors (Lipinski definition) is 4. The molecule has 0 radical (unpaired) electrons. The van der Waals surface area contributed by atoms with Gasteiger partial charge in [0.05, 0.1) is 24.4 Å². The van der Waals surface area contributed by atoms with Crippen LogP contribution in [0.25, 0.3) is 0 Å². The van der Waals surface area contributed by atoms with E-state index in [0.717, 1.165) is 25.9 Å². The van der Waals surface area contributed by atoms with E-state index in [4.69, 9.17) is 4.74 Å². The average molecular weight is 410 g/mol. The van der Waals surface area contributed by atoms with Gasteiger partial charge in [-0.25, -0.2) is 9.59 Å². The third-order valence-electron chi connectivity index (χ3n) is 7.49. The fourth-order valence-corrected chi connectivity index (χ4v) is 6.27. The highest BCUT2D eigenvalue weighted by Crippen LogP contribution is 2.45. The molecule has 160 valence electrons. The van der Waals surface area contributed by atoms with E-state index in [1.54, 1.807) is 18.2 Å². The van der Waals surface area contributed by atoms with Crippen LogP contribution in [-0.2, 0) is 4.74 Å². The van der Waals surface area contributed by atoms with Crippen LogP contribution in [0.4, 0.5) is 10.5 Å². The highest BCUT2D eigenvalue weighted by atomic mass is 16.5. The standard InChI is InChI=1S/C24H31N3O3/c1-30-23(28)19-8-2-3-9-20(19)25-24(29)27-12-6-7-16-13-17-14-18(22(16)27)15-26-11-5-4-10-21(17)26/h2-3,8-9,13,17-18,21-22H,4-7,10-12,14-15H2,1H3,(H,25,29)/t17-,18-,21-,22+/m0/s1. The Morgan fingerprint density at radius 3 is 2.87 bits per heavy atom. The molecule has 0 saturated carbocycles. The van der Waals surface area contributed by atoms with Crippen LogP contribution < -0.4 is 5.32 Å². The summed E-state index contributed by atoms with van der Waals surface area (Å²) in [5.74, 6) is 0.721. The minimum absolute atomic E-state index is 0.110. The summed E-state index contributed by atoms with van der Waals surface area (Å²) in [7, 11) is 1.36. The van der Waals surface area contributed by atoms with Crippen molar-refractivity contribution in [3.63, 3.8) is 0 Å². The first-order valence-electron chi connectivity index (χ1n) is 11.4. The summed E-state index contributed by atoms with van der Waals surface area (Å²) < 4.78 is 4.88. The van der Waals surface area contributed by atoms with E-state index in [1.807, 2.05) is 11.0 Å². The van der Waals surface area contributed by atoms with E-state index in [1.165, 1.54) is 44.9 Å². The molecule has 0 aromatic heterocycles. The van der Waals surface area contributed by atoms with Crippen LogP contribution in [0, 0.1) is 11.8 Å². The zero-order valence-electron chi connectivity index (χ0n) is 17.7. The van der Waals surface area contributed by atoms with Gasteiger partial charge in [-0.1, -0.05) is 30.2 Å². The summed E-state index contributed by atoms with van der Waals surface area (Å²) in [6.07, 6.45) is 9.78. The van der Waals surface area contributed by atoms with E-state index < -0.39 is 5.97 Å². The van der Waals surface area contributed by atoms with Crippen molar-refractivity contribution in [1.82, 2.24) is 9.80 Å². The van der Waals surface area contributed by atoms with Gasteiger partial charge in [-0.05, 0) is 62.6 Å². The van der Waals surface area contributed by atoms with Gasteiger partial charge in [0, 0.05) is 19.1 Å². The zero-order valence-corrected chi connectivity index (χ0v) is 17.7. The number of rotatable bonds is 2. The number of benzene rings is 1. The van der Waals surface area contributed by atoms with Gasteiger partial charge in [-0.2, -0.15) is 0 Å². The topological polar surface area (TPSA) is 61.9 Å². The summed E-state index contributed by atoms with van der Waals surface area (Å²) in [5, 5.41) is 3.00. The lowest BCUT2D eigenvalue weighted by Gasteiger charge is -2.54. The molecule has 0 spiro atoms. The number of esters is 1. The number of carbonyl (C=O) groups is 2. The van der Waals surface area contributed by atoms with Crippen LogP contribution >= 0.6 is 0 Å². The van der Waals surface area contributed by atoms with Crippen molar-refractivity contribution in [2.24, 2.45) is 11.8 Å². The molecule has 3 fully saturated rings. The van der Waals surface area contributed by atoms with Gasteiger partial charge >= 0.3 is 12.0 Å². The molecule has 3 saturated heterocycles. The van der Waals surface area contributed by atoms with Crippen LogP contribution in [0.3, 0.4) is 0 Å². The molecule has 3 heterocycles. The second kappa shape index (κ2) is 8.06. The van der Waals surface area contributed by atoms with Gasteiger partial charge in [-0.15, -0.1) is 0 Å². The Hall–Kier alpha value is -2.34. The molecule has 6 nitrogen and oxygen atoms in total. The Bertz CT molecular complexity index is 867. The molecule has 1 aromatic carbocycles. The summed E-state index contributed by atoms with van der Waals surface area (Å²) in [4.78, 5) is 30.2. The highest BCUT2D eigenvalue weighted by Gasteiger charge is 2.47. The number of fused-ring (bicyclic) bond motifs is 6. The summed E-state index contributed by atoms with van der Waals surface area (Å²) in [6, 6.07) is 7.84. The number of ether oxygens (including phenoxy) is 1. The Kier molecular flexibility index (Phi) is 5.27. The van der Waals surface area contributed by atoms with E-state index in [-0.39, 0.29) is 12.1 Å². The highest BCUT2D eigenvalue weighted by molar-refractivity contribution is 6.00. The maximum atomic E-state index is 13.4. The lowest BCUT2D eigenvalue weighted by atomic mass is 9.68. The Labute approximate surface area is 178 Å². The number of carbonyl (C=O) groups excluding carboxylic acids is 2. The van der Waals surface area contributed by atoms with Crippen molar-refractivity contribution in [1.29, 1.82) is 0 Å². The Morgan fingerprint density at radius 2 is 2.00 bits per heavy atom. The molecular weight excluding hydrogens is 378 g/mol. The van der Waals surface area contributed by atoms with Crippen molar-refractivity contribution in [3.05, 3.63) is 41.5 Å². The first-order chi connectivity index (χ1) is 14.7. The number of anilines is 1. The average Bonchev–Trinajstić information content (AvgIpc) is 2.78. The van der Waals surface area contributed by atoms with Crippen molar-refractivity contribution in [2.45, 2.75) is 50.6 Å². The predicted octanol–water partition coefficient (Wildman–Crippen LogP) is 3.90. The third kappa shape index (κ3) is 3.41. The van der Waals surface area contributed by atoms with E-state index in [0.29, 0.717) is 29.1 Å². The number of hydrogen-bond donors (Lipinski definition) is 1. The molecule has 0 unspecified atom stereocenters. The summed E-state index contributed by atoms with van der Waals surface area (Å²) in [6.45, 7) is 3.07. The number of amides is 2. The molecule has 2 bridgehead atoms. The lowest BCUT2D eigenvalue weighted by molar-refractivity contribution is 0.00908. The van der Waals surface area contributed by atoms with Gasteiger partial charge in [0.15, 0.2) is 0 Å². The molecule has 3 aliphatic heterocycles. The number of likely N-dealkylation sites (tertiary alicyclic amines) is 1. The predicted molar refractivity (Wildman–Crippen MR) is 115 cm³/mol. The van der Waals surface area contributed by atoms with Crippen molar-refractivity contribution >= 4 is 17.7 Å². The molecular formula is C24H31N3O3. The molecule has 6 heteroatoms. The number of methoxy groups -OCH3 is 1. The molecule has 2 amide bonds. The number of para-hydroxylation sites is 1. The monoisotopic (exact) mass is 409 g/mol. The Balaban J connectivity index is 1.39. The minimum Gasteiger partial charge on any atom is -0.465 e. The number of nitrogens with one attached hydrogen (secondary N) is 1. The third-order valence-corrected chi connectivity index (χ3v) is 7.49. The molecule has 1 aliphatic carbocycles. The fraction of sp³-hybridized carbons (Fsp3) is 0.583. The van der Waals surface area contributed by atoms with Gasteiger partial charge < -0.3 is 15.0 Å². The molecule has 1 aromatic rings. The van der Waals surface area contributed by atoms with Crippen molar-refractivity contribution < 1.29 is 14.3 Å². The van der Waals surface area contributed by atoms with Gasteiger partial charge in [-0.3, -0.25) is 4.90 Å². The SMILES string of the molecule is COC(=O)c1ccccc1NC(=O)N1CCCC2=C[C@H]3C[C@@H](CN4CCCC[C@@H]34)[C@@H]21. The second-order valence-electron chi connectivity index (χ2n) is 9.17. The molecule has 5 rings (SSSR count). The fourth-order valence-electron chi connectivity index (χ4n) is 6.27. The van der Waals surface area contributed by atoms with Gasteiger partial charge in [0.25, 0.3) is 0 Å². The second-order valence-corrected chi connectivity index (χ2v) is 9.17.